The molecule has 0 radical (unpaired) electrons. The minimum absolute atomic E-state index is 0.584. The smallest absolute Gasteiger partial charge is 0.222 e. The molecule has 1 rings (SSSR count). The van der Waals surface area contributed by atoms with Crippen LogP contribution in [-0.2, 0) is 4.74 Å². The molecule has 0 aromatic carbocycles. The van der Waals surface area contributed by atoms with Gasteiger partial charge >= 0.3 is 0 Å². The molecule has 0 atom stereocenters. The third-order valence-electron chi connectivity index (χ3n) is 1.98. The molecule has 0 bridgehead atoms. The molecule has 0 saturated heterocycles. The third kappa shape index (κ3) is 5.17. The molecule has 0 fully saturated rings. The summed E-state index contributed by atoms with van der Waals surface area (Å²) in [6, 6.07) is 0. The highest BCUT2D eigenvalue weighted by Gasteiger charge is 1.94. The van der Waals surface area contributed by atoms with Gasteiger partial charge in [-0.25, -0.2) is 9.97 Å². The van der Waals surface area contributed by atoms with Crippen LogP contribution in [-0.4, -0.2) is 30.2 Å². The van der Waals surface area contributed by atoms with Gasteiger partial charge in [0.2, 0.25) is 5.95 Å². The molecule has 3 N–H and O–H groups in total. The number of aromatic nitrogens is 2. The van der Waals surface area contributed by atoms with Crippen molar-refractivity contribution in [1.29, 1.82) is 0 Å². The zero-order valence-corrected chi connectivity index (χ0v) is 9.07. The van der Waals surface area contributed by atoms with Crippen LogP contribution >= 0.6 is 0 Å². The SMILES string of the molecule is COCCCCCNc1ncc(N)cn1. The second-order valence-electron chi connectivity index (χ2n) is 3.32. The molecule has 0 aliphatic carbocycles. The van der Waals surface area contributed by atoms with Crippen molar-refractivity contribution in [2.45, 2.75) is 19.3 Å². The van der Waals surface area contributed by atoms with Gasteiger partial charge in [-0.3, -0.25) is 0 Å². The van der Waals surface area contributed by atoms with Crippen molar-refractivity contribution in [3.63, 3.8) is 0 Å². The Labute approximate surface area is 90.1 Å². The molecule has 5 nitrogen and oxygen atoms in total. The zero-order chi connectivity index (χ0) is 10.9. The van der Waals surface area contributed by atoms with Crippen molar-refractivity contribution in [1.82, 2.24) is 9.97 Å². The van der Waals surface area contributed by atoms with E-state index >= 15 is 0 Å². The van der Waals surface area contributed by atoms with E-state index in [-0.39, 0.29) is 0 Å². The van der Waals surface area contributed by atoms with E-state index in [2.05, 4.69) is 15.3 Å². The standard InChI is InChI=1S/C10H18N4O/c1-15-6-4-2-3-5-12-10-13-7-9(11)8-14-10/h7-8H,2-6,11H2,1H3,(H,12,13,14). The van der Waals surface area contributed by atoms with E-state index in [1.165, 1.54) is 0 Å². The molecular formula is C10H18N4O. The van der Waals surface area contributed by atoms with Gasteiger partial charge in [-0.2, -0.15) is 0 Å². The monoisotopic (exact) mass is 210 g/mol. The summed E-state index contributed by atoms with van der Waals surface area (Å²) in [5.41, 5.74) is 6.05. The number of ether oxygens (including phenoxy) is 1. The molecule has 84 valence electrons. The van der Waals surface area contributed by atoms with Crippen molar-refractivity contribution in [2.75, 3.05) is 31.3 Å². The van der Waals surface area contributed by atoms with Gasteiger partial charge in [-0.15, -0.1) is 0 Å². The maximum atomic E-state index is 5.47. The van der Waals surface area contributed by atoms with Crippen LogP contribution in [0.1, 0.15) is 19.3 Å². The summed E-state index contributed by atoms with van der Waals surface area (Å²) in [5, 5.41) is 3.13. The molecule has 0 amide bonds. The molecule has 0 spiro atoms. The third-order valence-corrected chi connectivity index (χ3v) is 1.98. The first-order valence-corrected chi connectivity index (χ1v) is 5.13. The van der Waals surface area contributed by atoms with Crippen LogP contribution in [0, 0.1) is 0 Å². The van der Waals surface area contributed by atoms with Gasteiger partial charge in [0.1, 0.15) is 0 Å². The van der Waals surface area contributed by atoms with Crippen LogP contribution in [0.4, 0.5) is 11.6 Å². The topological polar surface area (TPSA) is 73.1 Å². The van der Waals surface area contributed by atoms with E-state index in [9.17, 15) is 0 Å². The van der Waals surface area contributed by atoms with Crippen molar-refractivity contribution in [2.24, 2.45) is 0 Å². The first kappa shape index (κ1) is 11.7. The summed E-state index contributed by atoms with van der Waals surface area (Å²) < 4.78 is 4.96. The van der Waals surface area contributed by atoms with Crippen molar-refractivity contribution >= 4 is 11.6 Å². The molecule has 0 saturated carbocycles. The van der Waals surface area contributed by atoms with E-state index in [1.807, 2.05) is 0 Å². The predicted octanol–water partition coefficient (Wildman–Crippen LogP) is 1.29. The van der Waals surface area contributed by atoms with Gasteiger partial charge in [0.15, 0.2) is 0 Å². The van der Waals surface area contributed by atoms with Gasteiger partial charge in [0, 0.05) is 20.3 Å². The molecule has 15 heavy (non-hydrogen) atoms. The Balaban J connectivity index is 2.07. The number of rotatable bonds is 7. The fourth-order valence-corrected chi connectivity index (χ4v) is 1.18. The Kier molecular flexibility index (Phi) is 5.47. The van der Waals surface area contributed by atoms with Gasteiger partial charge in [0.05, 0.1) is 18.1 Å². The van der Waals surface area contributed by atoms with Crippen LogP contribution in [0.5, 0.6) is 0 Å². The van der Waals surface area contributed by atoms with Crippen LogP contribution in [0.2, 0.25) is 0 Å². The van der Waals surface area contributed by atoms with Gasteiger partial charge < -0.3 is 15.8 Å². The summed E-state index contributed by atoms with van der Waals surface area (Å²) in [4.78, 5) is 8.08. The Bertz CT molecular complexity index is 263. The second-order valence-corrected chi connectivity index (χ2v) is 3.32. The minimum atomic E-state index is 0.584. The zero-order valence-electron chi connectivity index (χ0n) is 9.07. The van der Waals surface area contributed by atoms with Crippen LogP contribution < -0.4 is 11.1 Å². The minimum Gasteiger partial charge on any atom is -0.396 e. The molecule has 1 heterocycles. The van der Waals surface area contributed by atoms with E-state index < -0.39 is 0 Å². The molecule has 0 aliphatic heterocycles. The summed E-state index contributed by atoms with van der Waals surface area (Å²) in [5.74, 6) is 0.635. The van der Waals surface area contributed by atoms with Crippen molar-refractivity contribution in [3.05, 3.63) is 12.4 Å². The highest BCUT2D eigenvalue weighted by Crippen LogP contribution is 2.01. The number of anilines is 2. The second kappa shape index (κ2) is 7.00. The van der Waals surface area contributed by atoms with Crippen LogP contribution in [0.3, 0.4) is 0 Å². The highest BCUT2D eigenvalue weighted by molar-refractivity contribution is 5.35. The lowest BCUT2D eigenvalue weighted by atomic mass is 10.2. The molecule has 5 heteroatoms. The average molecular weight is 210 g/mol. The van der Waals surface area contributed by atoms with Crippen molar-refractivity contribution in [3.8, 4) is 0 Å². The number of hydrogen-bond acceptors (Lipinski definition) is 5. The lowest BCUT2D eigenvalue weighted by Gasteiger charge is -2.04. The van der Waals surface area contributed by atoms with E-state index in [4.69, 9.17) is 10.5 Å². The predicted molar refractivity (Wildman–Crippen MR) is 60.7 cm³/mol. The van der Waals surface area contributed by atoms with Gasteiger partial charge in [0.25, 0.3) is 0 Å². The molecule has 1 aromatic heterocycles. The number of nitrogens with one attached hydrogen (secondary N) is 1. The number of hydrogen-bond donors (Lipinski definition) is 2. The highest BCUT2D eigenvalue weighted by atomic mass is 16.5. The lowest BCUT2D eigenvalue weighted by Crippen LogP contribution is -2.05. The van der Waals surface area contributed by atoms with E-state index in [0.717, 1.165) is 32.4 Å². The summed E-state index contributed by atoms with van der Waals surface area (Å²) in [7, 11) is 1.72. The van der Waals surface area contributed by atoms with Gasteiger partial charge in [-0.1, -0.05) is 0 Å². The Morgan fingerprint density at radius 3 is 2.67 bits per heavy atom. The quantitative estimate of drug-likeness (QED) is 0.663. The van der Waals surface area contributed by atoms with Crippen molar-refractivity contribution < 1.29 is 4.74 Å². The molecule has 1 aromatic rings. The number of nitrogens with zero attached hydrogens (tertiary/aromatic N) is 2. The van der Waals surface area contributed by atoms with Crippen LogP contribution in [0.25, 0.3) is 0 Å². The fourth-order valence-electron chi connectivity index (χ4n) is 1.18. The normalized spacial score (nSPS) is 10.2. The maximum Gasteiger partial charge on any atom is 0.222 e. The summed E-state index contributed by atoms with van der Waals surface area (Å²) in [6.45, 7) is 1.71. The maximum absolute atomic E-state index is 5.47. The van der Waals surface area contributed by atoms with E-state index in [0.29, 0.717) is 11.6 Å². The summed E-state index contributed by atoms with van der Waals surface area (Å²) >= 11 is 0. The Morgan fingerprint density at radius 1 is 1.27 bits per heavy atom. The van der Waals surface area contributed by atoms with Crippen LogP contribution in [0.15, 0.2) is 12.4 Å². The number of nitrogens with two attached hydrogens (primary N) is 1. The summed E-state index contributed by atoms with van der Waals surface area (Å²) in [6.07, 6.45) is 6.54. The number of nitrogen functional groups attached to an aromatic ring is 1. The lowest BCUT2D eigenvalue weighted by molar-refractivity contribution is 0.192. The Hall–Kier alpha value is -1.36. The van der Waals surface area contributed by atoms with Gasteiger partial charge in [-0.05, 0) is 19.3 Å². The first-order valence-electron chi connectivity index (χ1n) is 5.13. The molecule has 0 unspecified atom stereocenters. The Morgan fingerprint density at radius 2 is 2.00 bits per heavy atom. The molecule has 0 aliphatic rings. The van der Waals surface area contributed by atoms with E-state index in [1.54, 1.807) is 19.5 Å². The largest absolute Gasteiger partial charge is 0.396 e. The average Bonchev–Trinajstić information content (AvgIpc) is 2.26. The number of unbranched alkanes of at least 4 members (excludes halogenated alkanes) is 2. The fraction of sp³-hybridized carbons (Fsp3) is 0.600. The first-order chi connectivity index (χ1) is 7.33. The molecular weight excluding hydrogens is 192 g/mol. The number of methoxy groups -OCH3 is 1.